The van der Waals surface area contributed by atoms with Gasteiger partial charge in [0.15, 0.2) is 6.10 Å². The first kappa shape index (κ1) is 17.4. The molecule has 2 amide bonds. The van der Waals surface area contributed by atoms with Gasteiger partial charge in [-0.1, -0.05) is 0 Å². The molecular weight excluding hydrogens is 312 g/mol. The quantitative estimate of drug-likeness (QED) is 0.764. The summed E-state index contributed by atoms with van der Waals surface area (Å²) >= 11 is 0. The number of benzene rings is 1. The average molecular weight is 332 g/mol. The van der Waals surface area contributed by atoms with Crippen molar-refractivity contribution >= 4 is 11.8 Å². The number of ether oxygens (including phenoxy) is 2. The minimum absolute atomic E-state index is 0.129. The van der Waals surface area contributed by atoms with Gasteiger partial charge in [0.05, 0.1) is 26.5 Å². The number of hydrogen-bond acceptors (Lipinski definition) is 5. The van der Waals surface area contributed by atoms with Crippen molar-refractivity contribution in [2.24, 2.45) is 0 Å². The van der Waals surface area contributed by atoms with E-state index in [0.29, 0.717) is 17.3 Å². The third-order valence-electron chi connectivity index (χ3n) is 3.20. The van der Waals surface area contributed by atoms with Gasteiger partial charge >= 0.3 is 0 Å². The van der Waals surface area contributed by atoms with Crippen molar-refractivity contribution < 1.29 is 23.5 Å². The molecule has 0 saturated carbocycles. The van der Waals surface area contributed by atoms with Crippen molar-refractivity contribution in [3.63, 3.8) is 0 Å². The summed E-state index contributed by atoms with van der Waals surface area (Å²) in [7, 11) is 1.57. The Morgan fingerprint density at radius 1 is 1.12 bits per heavy atom. The van der Waals surface area contributed by atoms with Crippen LogP contribution in [0.25, 0.3) is 0 Å². The Kier molecular flexibility index (Phi) is 6.24. The first-order chi connectivity index (χ1) is 11.6. The van der Waals surface area contributed by atoms with E-state index in [0.717, 1.165) is 0 Å². The molecule has 0 aliphatic carbocycles. The maximum atomic E-state index is 11.9. The summed E-state index contributed by atoms with van der Waals surface area (Å²) in [6.07, 6.45) is 0.804. The van der Waals surface area contributed by atoms with Gasteiger partial charge in [-0.05, 0) is 43.3 Å². The van der Waals surface area contributed by atoms with Crippen LogP contribution in [0.2, 0.25) is 0 Å². The molecule has 1 atom stereocenters. The Morgan fingerprint density at radius 3 is 2.46 bits per heavy atom. The number of furan rings is 1. The topological polar surface area (TPSA) is 89.8 Å². The Balaban J connectivity index is 1.71. The lowest BCUT2D eigenvalue weighted by Crippen LogP contribution is -2.42. The summed E-state index contributed by atoms with van der Waals surface area (Å²) < 4.78 is 15.7. The van der Waals surface area contributed by atoms with Crippen molar-refractivity contribution in [1.82, 2.24) is 10.6 Å². The van der Waals surface area contributed by atoms with E-state index in [1.54, 1.807) is 50.4 Å². The fourth-order valence-corrected chi connectivity index (χ4v) is 1.88. The van der Waals surface area contributed by atoms with Gasteiger partial charge < -0.3 is 24.5 Å². The molecule has 2 N–H and O–H groups in total. The predicted octanol–water partition coefficient (Wildman–Crippen LogP) is 1.49. The maximum Gasteiger partial charge on any atom is 0.261 e. The molecule has 0 aliphatic heterocycles. The third-order valence-corrected chi connectivity index (χ3v) is 3.20. The van der Waals surface area contributed by atoms with Crippen molar-refractivity contribution in [3.8, 4) is 11.5 Å². The number of amides is 2. The van der Waals surface area contributed by atoms with Crippen LogP contribution in [0.4, 0.5) is 0 Å². The summed E-state index contributed by atoms with van der Waals surface area (Å²) in [5, 5.41) is 5.16. The molecule has 0 fully saturated rings. The molecule has 0 saturated heterocycles. The molecule has 0 radical (unpaired) electrons. The van der Waals surface area contributed by atoms with Crippen LogP contribution in [0.5, 0.6) is 11.5 Å². The SMILES string of the molecule is COc1ccc(OC(C)C(=O)NCC(=O)NCc2ccco2)cc1. The summed E-state index contributed by atoms with van der Waals surface area (Å²) in [6.45, 7) is 1.76. The van der Waals surface area contributed by atoms with Gasteiger partial charge in [-0.25, -0.2) is 0 Å². The number of rotatable bonds is 8. The molecule has 1 unspecified atom stereocenters. The molecule has 7 nitrogen and oxygen atoms in total. The second-order valence-electron chi connectivity index (χ2n) is 5.01. The molecule has 1 aromatic heterocycles. The number of methoxy groups -OCH3 is 1. The van der Waals surface area contributed by atoms with Gasteiger partial charge in [0.25, 0.3) is 5.91 Å². The van der Waals surface area contributed by atoms with Crippen molar-refractivity contribution in [2.75, 3.05) is 13.7 Å². The zero-order chi connectivity index (χ0) is 17.4. The third kappa shape index (κ3) is 5.35. The maximum absolute atomic E-state index is 11.9. The fourth-order valence-electron chi connectivity index (χ4n) is 1.88. The molecule has 0 bridgehead atoms. The van der Waals surface area contributed by atoms with Crippen molar-refractivity contribution in [3.05, 3.63) is 48.4 Å². The first-order valence-corrected chi connectivity index (χ1v) is 7.46. The normalized spacial score (nSPS) is 11.4. The fraction of sp³-hybridized carbons (Fsp3) is 0.294. The van der Waals surface area contributed by atoms with E-state index in [4.69, 9.17) is 13.9 Å². The van der Waals surface area contributed by atoms with Gasteiger partial charge in [0.2, 0.25) is 5.91 Å². The highest BCUT2D eigenvalue weighted by Gasteiger charge is 2.15. The summed E-state index contributed by atoms with van der Waals surface area (Å²) in [5.41, 5.74) is 0. The van der Waals surface area contributed by atoms with E-state index >= 15 is 0 Å². The van der Waals surface area contributed by atoms with Crippen LogP contribution < -0.4 is 20.1 Å². The molecule has 1 heterocycles. The molecular formula is C17H20N2O5. The van der Waals surface area contributed by atoms with Crippen LogP contribution in [0.1, 0.15) is 12.7 Å². The van der Waals surface area contributed by atoms with Gasteiger partial charge in [0.1, 0.15) is 17.3 Å². The smallest absolute Gasteiger partial charge is 0.261 e. The highest BCUT2D eigenvalue weighted by molar-refractivity contribution is 5.86. The van der Waals surface area contributed by atoms with Crippen LogP contribution in [0.3, 0.4) is 0 Å². The molecule has 0 aliphatic rings. The van der Waals surface area contributed by atoms with Gasteiger partial charge in [-0.15, -0.1) is 0 Å². The monoisotopic (exact) mass is 332 g/mol. The molecule has 2 aromatic rings. The predicted molar refractivity (Wildman–Crippen MR) is 86.6 cm³/mol. The van der Waals surface area contributed by atoms with Crippen LogP contribution in [0.15, 0.2) is 47.1 Å². The van der Waals surface area contributed by atoms with Crippen LogP contribution >= 0.6 is 0 Å². The van der Waals surface area contributed by atoms with E-state index in [2.05, 4.69) is 10.6 Å². The van der Waals surface area contributed by atoms with Crippen molar-refractivity contribution in [1.29, 1.82) is 0 Å². The van der Waals surface area contributed by atoms with E-state index in [1.165, 1.54) is 6.26 Å². The zero-order valence-corrected chi connectivity index (χ0v) is 13.6. The lowest BCUT2D eigenvalue weighted by molar-refractivity contribution is -0.130. The lowest BCUT2D eigenvalue weighted by atomic mass is 10.3. The van der Waals surface area contributed by atoms with E-state index in [9.17, 15) is 9.59 Å². The molecule has 7 heteroatoms. The Labute approximate surface area is 139 Å². The van der Waals surface area contributed by atoms with E-state index in [1.807, 2.05) is 0 Å². The minimum atomic E-state index is -0.726. The highest BCUT2D eigenvalue weighted by atomic mass is 16.5. The number of hydrogen-bond donors (Lipinski definition) is 2. The molecule has 1 aromatic carbocycles. The van der Waals surface area contributed by atoms with E-state index in [-0.39, 0.29) is 24.9 Å². The van der Waals surface area contributed by atoms with Crippen LogP contribution in [0, 0.1) is 0 Å². The zero-order valence-electron chi connectivity index (χ0n) is 13.6. The summed E-state index contributed by atoms with van der Waals surface area (Å²) in [5.74, 6) is 1.20. The minimum Gasteiger partial charge on any atom is -0.497 e. The Bertz CT molecular complexity index is 652. The van der Waals surface area contributed by atoms with Gasteiger partial charge in [-0.2, -0.15) is 0 Å². The van der Waals surface area contributed by atoms with Crippen molar-refractivity contribution in [2.45, 2.75) is 19.6 Å². The number of carbonyl (C=O) groups is 2. The highest BCUT2D eigenvalue weighted by Crippen LogP contribution is 2.18. The second kappa shape index (κ2) is 8.61. The lowest BCUT2D eigenvalue weighted by Gasteiger charge is -2.14. The summed E-state index contributed by atoms with van der Waals surface area (Å²) in [4.78, 5) is 23.6. The molecule has 128 valence electrons. The molecule has 24 heavy (non-hydrogen) atoms. The van der Waals surface area contributed by atoms with Crippen LogP contribution in [-0.4, -0.2) is 31.6 Å². The number of carbonyl (C=O) groups excluding carboxylic acids is 2. The average Bonchev–Trinajstić information content (AvgIpc) is 3.12. The largest absolute Gasteiger partial charge is 0.497 e. The standard InChI is InChI=1S/C17H20N2O5/c1-12(24-14-7-5-13(22-2)6-8-14)17(21)19-11-16(20)18-10-15-4-3-9-23-15/h3-9,12H,10-11H2,1-2H3,(H,18,20)(H,19,21). The Hall–Kier alpha value is -2.96. The van der Waals surface area contributed by atoms with Crippen LogP contribution in [-0.2, 0) is 16.1 Å². The van der Waals surface area contributed by atoms with Gasteiger partial charge in [-0.3, -0.25) is 9.59 Å². The Morgan fingerprint density at radius 2 is 1.83 bits per heavy atom. The van der Waals surface area contributed by atoms with E-state index < -0.39 is 6.10 Å². The van der Waals surface area contributed by atoms with Gasteiger partial charge in [0, 0.05) is 0 Å². The number of nitrogens with one attached hydrogen (secondary N) is 2. The second-order valence-corrected chi connectivity index (χ2v) is 5.01. The summed E-state index contributed by atoms with van der Waals surface area (Å²) in [6, 6.07) is 10.4. The molecule has 0 spiro atoms. The molecule has 2 rings (SSSR count). The first-order valence-electron chi connectivity index (χ1n) is 7.46.